The lowest BCUT2D eigenvalue weighted by molar-refractivity contribution is 0.00578. The number of ether oxygens (including phenoxy) is 1. The van der Waals surface area contributed by atoms with Gasteiger partial charge in [-0.05, 0) is 87.3 Å². The van der Waals surface area contributed by atoms with E-state index >= 15 is 0 Å². The minimum atomic E-state index is -0.529. The van der Waals surface area contributed by atoms with E-state index in [4.69, 9.17) is 14.0 Å². The number of rotatable bonds is 6. The molecule has 122 valence electrons. The zero-order valence-electron chi connectivity index (χ0n) is 13.6. The van der Waals surface area contributed by atoms with Crippen LogP contribution in [-0.2, 0) is 9.31 Å². The Morgan fingerprint density at radius 1 is 1.14 bits per heavy atom. The summed E-state index contributed by atoms with van der Waals surface area (Å²) in [5.41, 5.74) is -0.638. The van der Waals surface area contributed by atoms with Gasteiger partial charge in [0.15, 0.2) is 0 Å². The van der Waals surface area contributed by atoms with Crippen LogP contribution in [0.25, 0.3) is 0 Å². The number of halogens is 1. The highest BCUT2D eigenvalue weighted by molar-refractivity contribution is 14.1. The third-order valence-corrected chi connectivity index (χ3v) is 5.01. The maximum Gasteiger partial charge on any atom is 0.457 e. The zero-order valence-corrected chi connectivity index (χ0v) is 15.8. The topological polar surface area (TPSA) is 47.9 Å². The van der Waals surface area contributed by atoms with Gasteiger partial charge < -0.3 is 19.2 Å². The normalized spacial score (nSPS) is 20.9. The van der Waals surface area contributed by atoms with Gasteiger partial charge in [0, 0.05) is 3.57 Å². The molecule has 6 heteroatoms. The Morgan fingerprint density at radius 3 is 2.23 bits per heavy atom. The minimum absolute atomic E-state index is 0.266. The van der Waals surface area contributed by atoms with Crippen LogP contribution in [0.1, 0.15) is 34.1 Å². The molecule has 1 aliphatic rings. The molecule has 1 atom stereocenters. The maximum atomic E-state index is 10.0. The zero-order chi connectivity index (χ0) is 16.4. The summed E-state index contributed by atoms with van der Waals surface area (Å²) >= 11 is 2.25. The fraction of sp³-hybridized carbons (Fsp3) is 0.625. The van der Waals surface area contributed by atoms with Gasteiger partial charge in [-0.3, -0.25) is 0 Å². The van der Waals surface area contributed by atoms with Crippen molar-refractivity contribution in [1.82, 2.24) is 0 Å². The molecule has 22 heavy (non-hydrogen) atoms. The van der Waals surface area contributed by atoms with Crippen LogP contribution < -0.4 is 4.74 Å². The second kappa shape index (κ2) is 7.07. The Morgan fingerprint density at radius 2 is 1.68 bits per heavy atom. The first-order valence-electron chi connectivity index (χ1n) is 7.62. The van der Waals surface area contributed by atoms with Gasteiger partial charge in [-0.2, -0.15) is 0 Å². The van der Waals surface area contributed by atoms with Gasteiger partial charge in [0.05, 0.1) is 17.3 Å². The summed E-state index contributed by atoms with van der Waals surface area (Å²) in [5.74, 6) is 0.773. The largest absolute Gasteiger partial charge is 0.491 e. The fourth-order valence-corrected chi connectivity index (χ4v) is 2.58. The van der Waals surface area contributed by atoms with Gasteiger partial charge in [0.25, 0.3) is 0 Å². The van der Waals surface area contributed by atoms with Crippen LogP contribution in [0.4, 0.5) is 0 Å². The Labute approximate surface area is 146 Å². The average molecular weight is 418 g/mol. The lowest BCUT2D eigenvalue weighted by Crippen LogP contribution is -2.41. The number of hydrogen-bond donors (Lipinski definition) is 1. The monoisotopic (exact) mass is 418 g/mol. The highest BCUT2D eigenvalue weighted by atomic mass is 127. The van der Waals surface area contributed by atoms with E-state index in [9.17, 15) is 5.11 Å². The summed E-state index contributed by atoms with van der Waals surface area (Å²) < 4.78 is 18.6. The lowest BCUT2D eigenvalue weighted by atomic mass is 9.82. The van der Waals surface area contributed by atoms with Crippen molar-refractivity contribution in [2.75, 3.05) is 6.61 Å². The summed E-state index contributed by atoms with van der Waals surface area (Å²) in [7, 11) is -0.266. The van der Waals surface area contributed by atoms with E-state index in [1.807, 2.05) is 52.0 Å². The van der Waals surface area contributed by atoms with Crippen molar-refractivity contribution in [3.05, 3.63) is 27.8 Å². The van der Waals surface area contributed by atoms with E-state index in [-0.39, 0.29) is 24.9 Å². The minimum Gasteiger partial charge on any atom is -0.491 e. The van der Waals surface area contributed by atoms with Crippen molar-refractivity contribution in [2.24, 2.45) is 0 Å². The van der Waals surface area contributed by atoms with E-state index in [2.05, 4.69) is 22.6 Å². The average Bonchev–Trinajstić information content (AvgIpc) is 2.64. The predicted octanol–water partition coefficient (Wildman–Crippen LogP) is 3.51. The lowest BCUT2D eigenvalue weighted by Gasteiger charge is -2.32. The Kier molecular flexibility index (Phi) is 5.80. The quantitative estimate of drug-likeness (QED) is 0.568. The first-order chi connectivity index (χ1) is 10.2. The van der Waals surface area contributed by atoms with E-state index in [1.54, 1.807) is 0 Å². The van der Waals surface area contributed by atoms with Gasteiger partial charge in [0.1, 0.15) is 12.4 Å². The van der Waals surface area contributed by atoms with E-state index in [0.29, 0.717) is 12.7 Å². The second-order valence-electron chi connectivity index (χ2n) is 6.68. The molecule has 1 aliphatic heterocycles. The van der Waals surface area contributed by atoms with Crippen molar-refractivity contribution >= 4 is 29.7 Å². The molecule has 0 radical (unpaired) electrons. The van der Waals surface area contributed by atoms with Crippen LogP contribution in [0.5, 0.6) is 5.75 Å². The van der Waals surface area contributed by atoms with Crippen molar-refractivity contribution < 1.29 is 19.2 Å². The molecule has 1 fully saturated rings. The molecule has 1 heterocycles. The molecule has 1 aromatic rings. The van der Waals surface area contributed by atoms with Gasteiger partial charge in [-0.25, -0.2) is 0 Å². The highest BCUT2D eigenvalue weighted by Gasteiger charge is 2.50. The first kappa shape index (κ1) is 18.0. The predicted molar refractivity (Wildman–Crippen MR) is 96.2 cm³/mol. The Balaban J connectivity index is 1.72. The molecule has 4 nitrogen and oxygen atoms in total. The Hall–Kier alpha value is -0.305. The molecule has 1 aromatic carbocycles. The number of hydrogen-bond acceptors (Lipinski definition) is 4. The molecule has 1 unspecified atom stereocenters. The van der Waals surface area contributed by atoms with Gasteiger partial charge in [0.2, 0.25) is 0 Å². The van der Waals surface area contributed by atoms with Crippen LogP contribution in [-0.4, -0.2) is 36.1 Å². The summed E-state index contributed by atoms with van der Waals surface area (Å²) in [6.45, 7) is 8.40. The van der Waals surface area contributed by atoms with Crippen molar-refractivity contribution in [3.63, 3.8) is 0 Å². The number of benzene rings is 1. The molecule has 0 bridgehead atoms. The van der Waals surface area contributed by atoms with Crippen LogP contribution in [0.3, 0.4) is 0 Å². The van der Waals surface area contributed by atoms with Crippen LogP contribution in [0.2, 0.25) is 6.32 Å². The van der Waals surface area contributed by atoms with E-state index < -0.39 is 6.10 Å². The van der Waals surface area contributed by atoms with Crippen molar-refractivity contribution in [1.29, 1.82) is 0 Å². The summed E-state index contributed by atoms with van der Waals surface area (Å²) in [4.78, 5) is 0. The molecule has 2 rings (SSSR count). The molecule has 0 amide bonds. The molecular weight excluding hydrogens is 394 g/mol. The maximum absolute atomic E-state index is 10.0. The number of aliphatic hydroxyl groups excluding tert-OH is 1. The van der Waals surface area contributed by atoms with Crippen LogP contribution in [0.15, 0.2) is 24.3 Å². The van der Waals surface area contributed by atoms with Gasteiger partial charge in [-0.15, -0.1) is 0 Å². The van der Waals surface area contributed by atoms with E-state index in [1.165, 1.54) is 0 Å². The Bertz CT molecular complexity index is 473. The van der Waals surface area contributed by atoms with Gasteiger partial charge in [-0.1, -0.05) is 0 Å². The summed E-state index contributed by atoms with van der Waals surface area (Å²) in [5, 5.41) is 10.0. The molecule has 0 aliphatic carbocycles. The smallest absolute Gasteiger partial charge is 0.457 e. The van der Waals surface area contributed by atoms with E-state index in [0.717, 1.165) is 9.32 Å². The third kappa shape index (κ3) is 4.60. The van der Waals surface area contributed by atoms with Crippen molar-refractivity contribution in [3.8, 4) is 5.75 Å². The molecule has 1 N–H and O–H groups in total. The standard InChI is InChI=1S/C16H24BIO4/c1-15(2)16(3,4)22-17(21-15)10-9-13(19)11-20-14-7-5-12(18)6-8-14/h5-8,13,19H,9-11H2,1-4H3. The third-order valence-electron chi connectivity index (χ3n) is 4.29. The second-order valence-corrected chi connectivity index (χ2v) is 7.93. The SMILES string of the molecule is CC1(C)OB(CCC(O)COc2ccc(I)cc2)OC1(C)C. The first-order valence-corrected chi connectivity index (χ1v) is 8.69. The van der Waals surface area contributed by atoms with Crippen LogP contribution in [0, 0.1) is 3.57 Å². The molecule has 0 spiro atoms. The molecule has 0 saturated carbocycles. The van der Waals surface area contributed by atoms with Crippen molar-refractivity contribution in [2.45, 2.75) is 57.7 Å². The fourth-order valence-electron chi connectivity index (χ4n) is 2.22. The van der Waals surface area contributed by atoms with Gasteiger partial charge >= 0.3 is 7.12 Å². The molecule has 1 saturated heterocycles. The number of aliphatic hydroxyl groups is 1. The summed E-state index contributed by atoms with van der Waals surface area (Å²) in [6, 6.07) is 7.77. The molecular formula is C16H24BIO4. The van der Waals surface area contributed by atoms with Crippen LogP contribution >= 0.6 is 22.6 Å². The summed E-state index contributed by atoms with van der Waals surface area (Å²) in [6.07, 6.45) is 0.712. The highest BCUT2D eigenvalue weighted by Crippen LogP contribution is 2.38. The molecule has 0 aromatic heterocycles.